The van der Waals surface area contributed by atoms with E-state index in [1.807, 2.05) is 19.0 Å². The molecule has 8 heteroatoms. The molecule has 1 N–H and O–H groups in total. The molecule has 0 bridgehead atoms. The molecule has 2 atom stereocenters. The fourth-order valence-corrected chi connectivity index (χ4v) is 1.30. The Morgan fingerprint density at radius 2 is 2.00 bits per heavy atom. The van der Waals surface area contributed by atoms with E-state index in [9.17, 15) is 13.2 Å². The van der Waals surface area contributed by atoms with Crippen molar-refractivity contribution in [1.82, 2.24) is 15.0 Å². The van der Waals surface area contributed by atoms with E-state index in [0.717, 1.165) is 0 Å². The number of alkyl halides is 3. The van der Waals surface area contributed by atoms with E-state index in [0.29, 0.717) is 18.8 Å². The second-order valence-electron chi connectivity index (χ2n) is 4.38. The minimum absolute atomic E-state index is 0.200. The van der Waals surface area contributed by atoms with Gasteiger partial charge in [0.25, 0.3) is 0 Å². The van der Waals surface area contributed by atoms with Gasteiger partial charge in [-0.1, -0.05) is 12.1 Å². The molecule has 1 heterocycles. The maximum Gasteiger partial charge on any atom is 0.415 e. The lowest BCUT2D eigenvalue weighted by Crippen LogP contribution is -2.33. The van der Waals surface area contributed by atoms with Crippen LogP contribution in [0.1, 0.15) is 24.6 Å². The highest BCUT2D eigenvalue weighted by atomic mass is 19.4. The van der Waals surface area contributed by atoms with Crippen molar-refractivity contribution in [3.8, 4) is 0 Å². The van der Waals surface area contributed by atoms with Crippen LogP contribution in [0.15, 0.2) is 4.52 Å². The summed E-state index contributed by atoms with van der Waals surface area (Å²) in [5, 5.41) is 12.7. The molecule has 1 aromatic rings. The first-order chi connectivity index (χ1) is 8.21. The smallest absolute Gasteiger partial charge is 0.383 e. The highest BCUT2D eigenvalue weighted by Gasteiger charge is 2.44. The molecule has 2 unspecified atom stereocenters. The number of rotatable bonds is 5. The van der Waals surface area contributed by atoms with Crippen LogP contribution in [0.5, 0.6) is 0 Å². The molecular weight excluding hydrogens is 251 g/mol. The molecule has 5 nitrogen and oxygen atoms in total. The summed E-state index contributed by atoms with van der Waals surface area (Å²) < 4.78 is 41.6. The lowest BCUT2D eigenvalue weighted by atomic mass is 10.1. The molecule has 0 spiro atoms. The van der Waals surface area contributed by atoms with E-state index >= 15 is 0 Å². The van der Waals surface area contributed by atoms with Crippen molar-refractivity contribution in [3.63, 3.8) is 0 Å². The first kappa shape index (κ1) is 14.9. The molecule has 0 radical (unpaired) electrons. The molecule has 0 aliphatic heterocycles. The fraction of sp³-hybridized carbons (Fsp3) is 0.800. The minimum atomic E-state index is -4.70. The van der Waals surface area contributed by atoms with Gasteiger partial charge in [0.2, 0.25) is 5.89 Å². The van der Waals surface area contributed by atoms with Crippen LogP contribution in [0, 0.1) is 0 Å². The van der Waals surface area contributed by atoms with Crippen LogP contribution in [-0.4, -0.2) is 53.1 Å². The standard InChI is InChI=1S/C10H16F3N3O2/c1-6(8(17)10(11,12)13)9-14-7(15-18-9)4-5-16(2)3/h6,8,17H,4-5H2,1-3H3. The third-order valence-electron chi connectivity index (χ3n) is 2.46. The summed E-state index contributed by atoms with van der Waals surface area (Å²) in [6.07, 6.45) is -6.72. The Morgan fingerprint density at radius 1 is 1.39 bits per heavy atom. The van der Waals surface area contributed by atoms with Gasteiger partial charge in [-0.25, -0.2) is 0 Å². The number of aromatic nitrogens is 2. The fourth-order valence-electron chi connectivity index (χ4n) is 1.30. The van der Waals surface area contributed by atoms with Crippen molar-refractivity contribution < 1.29 is 22.8 Å². The topological polar surface area (TPSA) is 62.4 Å². The van der Waals surface area contributed by atoms with Gasteiger partial charge in [0.1, 0.15) is 0 Å². The van der Waals surface area contributed by atoms with Crippen molar-refractivity contribution in [2.75, 3.05) is 20.6 Å². The Morgan fingerprint density at radius 3 is 2.50 bits per heavy atom. The SMILES string of the molecule is CC(c1nc(CCN(C)C)no1)C(O)C(F)(F)F. The molecule has 1 rings (SSSR count). The van der Waals surface area contributed by atoms with E-state index in [1.54, 1.807) is 0 Å². The Hall–Kier alpha value is -1.15. The minimum Gasteiger partial charge on any atom is -0.383 e. The van der Waals surface area contributed by atoms with E-state index < -0.39 is 18.2 Å². The van der Waals surface area contributed by atoms with Crippen molar-refractivity contribution in [1.29, 1.82) is 0 Å². The third-order valence-corrected chi connectivity index (χ3v) is 2.46. The highest BCUT2D eigenvalue weighted by molar-refractivity contribution is 4.97. The van der Waals surface area contributed by atoms with E-state index in [2.05, 4.69) is 10.1 Å². The predicted molar refractivity (Wildman–Crippen MR) is 57.0 cm³/mol. The number of halogens is 3. The average molecular weight is 267 g/mol. The Bertz CT molecular complexity index is 379. The third kappa shape index (κ3) is 3.95. The zero-order chi connectivity index (χ0) is 13.9. The van der Waals surface area contributed by atoms with Crippen LogP contribution in [-0.2, 0) is 6.42 Å². The number of hydrogen-bond donors (Lipinski definition) is 1. The van der Waals surface area contributed by atoms with Gasteiger partial charge < -0.3 is 14.5 Å². The second kappa shape index (κ2) is 5.66. The zero-order valence-corrected chi connectivity index (χ0v) is 10.4. The molecule has 0 aromatic carbocycles. The van der Waals surface area contributed by atoms with Crippen LogP contribution in [0.25, 0.3) is 0 Å². The van der Waals surface area contributed by atoms with E-state index in [4.69, 9.17) is 9.63 Å². The molecular formula is C10H16F3N3O2. The normalized spacial score (nSPS) is 16.0. The summed E-state index contributed by atoms with van der Waals surface area (Å²) in [7, 11) is 3.72. The van der Waals surface area contributed by atoms with Gasteiger partial charge in [0.15, 0.2) is 11.9 Å². The van der Waals surface area contributed by atoms with Gasteiger partial charge in [-0.15, -0.1) is 0 Å². The van der Waals surface area contributed by atoms with Crippen LogP contribution in [0.2, 0.25) is 0 Å². The largest absolute Gasteiger partial charge is 0.415 e. The summed E-state index contributed by atoms with van der Waals surface area (Å²) >= 11 is 0. The van der Waals surface area contributed by atoms with Gasteiger partial charge in [-0.05, 0) is 14.1 Å². The second-order valence-corrected chi connectivity index (χ2v) is 4.38. The molecule has 18 heavy (non-hydrogen) atoms. The lowest BCUT2D eigenvalue weighted by Gasteiger charge is -2.18. The monoisotopic (exact) mass is 267 g/mol. The van der Waals surface area contributed by atoms with Crippen molar-refractivity contribution in [2.45, 2.75) is 31.5 Å². The molecule has 0 fully saturated rings. The van der Waals surface area contributed by atoms with Crippen molar-refractivity contribution in [3.05, 3.63) is 11.7 Å². The Labute approximate surface area is 103 Å². The first-order valence-corrected chi connectivity index (χ1v) is 5.43. The summed E-state index contributed by atoms with van der Waals surface area (Å²) in [6, 6.07) is 0. The first-order valence-electron chi connectivity index (χ1n) is 5.43. The number of hydrogen-bond acceptors (Lipinski definition) is 5. The maximum absolute atomic E-state index is 12.3. The van der Waals surface area contributed by atoms with Gasteiger partial charge in [-0.2, -0.15) is 18.2 Å². The van der Waals surface area contributed by atoms with Gasteiger partial charge in [0.05, 0.1) is 5.92 Å². The summed E-state index contributed by atoms with van der Waals surface area (Å²) in [5.74, 6) is -1.14. The summed E-state index contributed by atoms with van der Waals surface area (Å²) in [6.45, 7) is 1.86. The van der Waals surface area contributed by atoms with Crippen LogP contribution in [0.4, 0.5) is 13.2 Å². The number of aliphatic hydroxyl groups is 1. The highest BCUT2D eigenvalue weighted by Crippen LogP contribution is 2.30. The lowest BCUT2D eigenvalue weighted by molar-refractivity contribution is -0.210. The molecule has 0 saturated carbocycles. The van der Waals surface area contributed by atoms with Crippen LogP contribution in [0.3, 0.4) is 0 Å². The van der Waals surface area contributed by atoms with Gasteiger partial charge in [-0.3, -0.25) is 0 Å². The molecule has 0 saturated heterocycles. The van der Waals surface area contributed by atoms with Gasteiger partial charge >= 0.3 is 6.18 Å². The molecule has 1 aromatic heterocycles. The average Bonchev–Trinajstić information content (AvgIpc) is 2.71. The van der Waals surface area contributed by atoms with Crippen LogP contribution >= 0.6 is 0 Å². The van der Waals surface area contributed by atoms with E-state index in [-0.39, 0.29) is 5.89 Å². The van der Waals surface area contributed by atoms with Crippen LogP contribution < -0.4 is 0 Å². The Kier molecular flexibility index (Phi) is 4.69. The van der Waals surface area contributed by atoms with Gasteiger partial charge in [0, 0.05) is 13.0 Å². The molecule has 0 amide bonds. The quantitative estimate of drug-likeness (QED) is 0.868. The van der Waals surface area contributed by atoms with Crippen molar-refractivity contribution >= 4 is 0 Å². The summed E-state index contributed by atoms with van der Waals surface area (Å²) in [4.78, 5) is 5.75. The number of likely N-dealkylation sites (N-methyl/N-ethyl adjacent to an activating group) is 1. The number of aliphatic hydroxyl groups excluding tert-OH is 1. The summed E-state index contributed by atoms with van der Waals surface area (Å²) in [5.41, 5.74) is 0. The molecule has 104 valence electrons. The molecule has 0 aliphatic rings. The van der Waals surface area contributed by atoms with E-state index in [1.165, 1.54) is 6.92 Å². The zero-order valence-electron chi connectivity index (χ0n) is 10.4. The Balaban J connectivity index is 2.67. The molecule has 0 aliphatic carbocycles. The maximum atomic E-state index is 12.3. The van der Waals surface area contributed by atoms with Crippen molar-refractivity contribution in [2.24, 2.45) is 0 Å². The number of nitrogens with zero attached hydrogens (tertiary/aromatic N) is 3. The predicted octanol–water partition coefficient (Wildman–Crippen LogP) is 1.20.